The normalized spacial score (nSPS) is 10.8. The van der Waals surface area contributed by atoms with Crippen molar-refractivity contribution >= 4 is 40.5 Å². The second kappa shape index (κ2) is 6.01. The van der Waals surface area contributed by atoms with Gasteiger partial charge in [-0.1, -0.05) is 34.4 Å². The molecule has 0 amide bonds. The fraction of sp³-hybridized carbons (Fsp3) is 0.154. The van der Waals surface area contributed by atoms with Crippen LogP contribution in [-0.4, -0.2) is 20.2 Å². The van der Waals surface area contributed by atoms with Crippen molar-refractivity contribution in [3.63, 3.8) is 0 Å². The largest absolute Gasteiger partial charge is 0.349 e. The topological polar surface area (TPSA) is 55.6 Å². The summed E-state index contributed by atoms with van der Waals surface area (Å²) in [6, 6.07) is 7.41. The average molecular weight is 340 g/mol. The monoisotopic (exact) mass is 339 g/mol. The molecule has 2 aromatic heterocycles. The number of hydrogen-bond donors (Lipinski definition) is 1. The molecule has 0 aliphatic heterocycles. The molecule has 0 unspecified atom stereocenters. The molecule has 108 valence electrons. The van der Waals surface area contributed by atoms with Crippen LogP contribution in [0.4, 0.5) is 5.95 Å². The van der Waals surface area contributed by atoms with E-state index in [1.807, 2.05) is 6.07 Å². The van der Waals surface area contributed by atoms with E-state index in [0.29, 0.717) is 28.2 Å². The number of anilines is 1. The Kier molecular flexibility index (Phi) is 4.10. The van der Waals surface area contributed by atoms with Crippen molar-refractivity contribution in [3.8, 4) is 5.69 Å². The molecule has 1 aromatic carbocycles. The number of nitrogens with one attached hydrogen (secondary N) is 1. The van der Waals surface area contributed by atoms with E-state index in [4.69, 9.17) is 23.2 Å². The number of hydrogen-bond acceptors (Lipinski definition) is 5. The number of nitrogens with zero attached hydrogens (tertiary/aromatic N) is 4. The minimum absolute atomic E-state index is 0.418. The molecule has 3 rings (SSSR count). The summed E-state index contributed by atoms with van der Waals surface area (Å²) < 4.78 is 1.54. The zero-order chi connectivity index (χ0) is 14.8. The summed E-state index contributed by atoms with van der Waals surface area (Å²) in [5, 5.41) is 17.8. The predicted octanol–water partition coefficient (Wildman–Crippen LogP) is 3.95. The summed E-state index contributed by atoms with van der Waals surface area (Å²) in [6.45, 7) is 2.73. The molecule has 0 aliphatic carbocycles. The molecule has 5 nitrogen and oxygen atoms in total. The number of benzene rings is 1. The predicted molar refractivity (Wildman–Crippen MR) is 85.6 cm³/mol. The smallest absolute Gasteiger partial charge is 0.248 e. The second-order valence-electron chi connectivity index (χ2n) is 4.34. The van der Waals surface area contributed by atoms with Gasteiger partial charge < -0.3 is 5.32 Å². The van der Waals surface area contributed by atoms with Crippen LogP contribution in [-0.2, 0) is 6.54 Å². The SMILES string of the molecule is Cc1sccc1CNc1nnnn1-c1cccc(Cl)c1Cl. The third-order valence-corrected chi connectivity index (χ3v) is 4.73. The Balaban J connectivity index is 1.87. The van der Waals surface area contributed by atoms with Gasteiger partial charge in [-0.3, -0.25) is 0 Å². The minimum Gasteiger partial charge on any atom is -0.349 e. The molecule has 0 saturated carbocycles. The number of tetrazole rings is 1. The Hall–Kier alpha value is -1.63. The van der Waals surface area contributed by atoms with Crippen molar-refractivity contribution in [1.82, 2.24) is 20.2 Å². The Bertz CT molecular complexity index is 768. The first-order valence-electron chi connectivity index (χ1n) is 6.16. The lowest BCUT2D eigenvalue weighted by atomic mass is 10.3. The zero-order valence-corrected chi connectivity index (χ0v) is 13.4. The minimum atomic E-state index is 0.418. The van der Waals surface area contributed by atoms with Gasteiger partial charge in [0.2, 0.25) is 5.95 Å². The van der Waals surface area contributed by atoms with Gasteiger partial charge in [0.05, 0.1) is 15.7 Å². The molecule has 0 saturated heterocycles. The van der Waals surface area contributed by atoms with E-state index in [2.05, 4.69) is 39.2 Å². The summed E-state index contributed by atoms with van der Waals surface area (Å²) in [4.78, 5) is 1.27. The molecular formula is C13H11Cl2N5S. The Labute approximate surface area is 135 Å². The molecule has 0 atom stereocenters. The highest BCUT2D eigenvalue weighted by Crippen LogP contribution is 2.29. The fourth-order valence-corrected chi connectivity index (χ4v) is 2.99. The first-order chi connectivity index (χ1) is 10.2. The van der Waals surface area contributed by atoms with Gasteiger partial charge in [-0.15, -0.1) is 11.3 Å². The number of aromatic nitrogens is 4. The maximum Gasteiger partial charge on any atom is 0.248 e. The Morgan fingerprint density at radius 3 is 2.90 bits per heavy atom. The van der Waals surface area contributed by atoms with E-state index < -0.39 is 0 Å². The Morgan fingerprint density at radius 2 is 2.14 bits per heavy atom. The summed E-state index contributed by atoms with van der Waals surface area (Å²) in [6.07, 6.45) is 0. The maximum atomic E-state index is 6.21. The first kappa shape index (κ1) is 14.3. The molecular weight excluding hydrogens is 329 g/mol. The summed E-state index contributed by atoms with van der Waals surface area (Å²) in [7, 11) is 0. The van der Waals surface area contributed by atoms with Crippen LogP contribution in [0.2, 0.25) is 10.0 Å². The van der Waals surface area contributed by atoms with Gasteiger partial charge >= 0.3 is 0 Å². The quantitative estimate of drug-likeness (QED) is 0.781. The molecule has 0 radical (unpaired) electrons. The average Bonchev–Trinajstić information content (AvgIpc) is 3.08. The summed E-state index contributed by atoms with van der Waals surface area (Å²) >= 11 is 13.9. The van der Waals surface area contributed by atoms with E-state index in [9.17, 15) is 0 Å². The van der Waals surface area contributed by atoms with Crippen LogP contribution in [0.3, 0.4) is 0 Å². The first-order valence-corrected chi connectivity index (χ1v) is 7.80. The molecule has 0 aliphatic rings. The van der Waals surface area contributed by atoms with Crippen molar-refractivity contribution in [2.45, 2.75) is 13.5 Å². The zero-order valence-electron chi connectivity index (χ0n) is 11.0. The summed E-state index contributed by atoms with van der Waals surface area (Å²) in [5.41, 5.74) is 1.85. The molecule has 0 bridgehead atoms. The van der Waals surface area contributed by atoms with Crippen LogP contribution < -0.4 is 5.32 Å². The van der Waals surface area contributed by atoms with Gasteiger partial charge in [0.25, 0.3) is 0 Å². The molecule has 3 aromatic rings. The van der Waals surface area contributed by atoms with Gasteiger partial charge in [0.15, 0.2) is 0 Å². The highest BCUT2D eigenvalue weighted by atomic mass is 35.5. The molecule has 21 heavy (non-hydrogen) atoms. The van der Waals surface area contributed by atoms with Gasteiger partial charge in [-0.2, -0.15) is 4.68 Å². The fourth-order valence-electron chi connectivity index (χ4n) is 1.88. The van der Waals surface area contributed by atoms with Crippen LogP contribution in [0.5, 0.6) is 0 Å². The number of thiophene rings is 1. The van der Waals surface area contributed by atoms with Crippen LogP contribution >= 0.6 is 34.5 Å². The highest BCUT2D eigenvalue weighted by Gasteiger charge is 2.13. The van der Waals surface area contributed by atoms with Gasteiger partial charge in [0.1, 0.15) is 0 Å². The molecule has 8 heteroatoms. The number of rotatable bonds is 4. The molecule has 1 N–H and O–H groups in total. The lowest BCUT2D eigenvalue weighted by Gasteiger charge is -2.09. The van der Waals surface area contributed by atoms with Crippen molar-refractivity contribution < 1.29 is 0 Å². The third kappa shape index (κ3) is 2.88. The van der Waals surface area contributed by atoms with E-state index in [0.717, 1.165) is 0 Å². The standard InChI is InChI=1S/C13H11Cl2N5S/c1-8-9(5-6-21-8)7-16-13-17-18-19-20(13)11-4-2-3-10(14)12(11)15/h2-6H,7H2,1H3,(H,16,17,19). The molecule has 2 heterocycles. The number of aryl methyl sites for hydroxylation is 1. The van der Waals surface area contributed by atoms with Gasteiger partial charge in [-0.25, -0.2) is 0 Å². The van der Waals surface area contributed by atoms with Crippen LogP contribution in [0.25, 0.3) is 5.69 Å². The third-order valence-electron chi connectivity index (χ3n) is 3.03. The summed E-state index contributed by atoms with van der Waals surface area (Å²) in [5.74, 6) is 0.518. The maximum absolute atomic E-state index is 6.21. The van der Waals surface area contributed by atoms with E-state index in [1.54, 1.807) is 23.5 Å². The Morgan fingerprint density at radius 1 is 1.29 bits per heavy atom. The number of halogens is 2. The second-order valence-corrected chi connectivity index (χ2v) is 6.25. The van der Waals surface area contributed by atoms with Crippen molar-refractivity contribution in [2.75, 3.05) is 5.32 Å². The van der Waals surface area contributed by atoms with E-state index in [1.165, 1.54) is 15.1 Å². The molecule has 0 spiro atoms. The van der Waals surface area contributed by atoms with E-state index in [-0.39, 0.29) is 0 Å². The van der Waals surface area contributed by atoms with Crippen LogP contribution in [0.15, 0.2) is 29.6 Å². The van der Waals surface area contributed by atoms with E-state index >= 15 is 0 Å². The van der Waals surface area contributed by atoms with Crippen molar-refractivity contribution in [1.29, 1.82) is 0 Å². The highest BCUT2D eigenvalue weighted by molar-refractivity contribution is 7.10. The molecule has 0 fully saturated rings. The van der Waals surface area contributed by atoms with Crippen LogP contribution in [0, 0.1) is 6.92 Å². The lowest BCUT2D eigenvalue weighted by molar-refractivity contribution is 0.789. The van der Waals surface area contributed by atoms with Crippen molar-refractivity contribution in [3.05, 3.63) is 50.1 Å². The van der Waals surface area contributed by atoms with Crippen molar-refractivity contribution in [2.24, 2.45) is 0 Å². The van der Waals surface area contributed by atoms with Gasteiger partial charge in [-0.05, 0) is 46.5 Å². The van der Waals surface area contributed by atoms with Gasteiger partial charge in [0, 0.05) is 11.4 Å². The lowest BCUT2D eigenvalue weighted by Crippen LogP contribution is -2.08. The van der Waals surface area contributed by atoms with Crippen LogP contribution in [0.1, 0.15) is 10.4 Å².